The third-order valence-corrected chi connectivity index (χ3v) is 4.57. The molecule has 2 N–H and O–H groups in total. The second-order valence-corrected chi connectivity index (χ2v) is 6.91. The molecule has 2 aromatic heterocycles. The Hall–Kier alpha value is -2.32. The Morgan fingerprint density at radius 1 is 0.885 bits per heavy atom. The first kappa shape index (κ1) is 18.5. The first-order valence-corrected chi connectivity index (χ1v) is 8.92. The second-order valence-electron chi connectivity index (χ2n) is 6.91. The van der Waals surface area contributed by atoms with Crippen LogP contribution >= 0.6 is 0 Å². The summed E-state index contributed by atoms with van der Waals surface area (Å²) in [6.45, 7) is 9.16. The highest BCUT2D eigenvalue weighted by Gasteiger charge is 2.31. The van der Waals surface area contributed by atoms with Gasteiger partial charge in [-0.3, -0.25) is 0 Å². The summed E-state index contributed by atoms with van der Waals surface area (Å²) in [4.78, 5) is 21.7. The molecule has 1 aliphatic heterocycles. The molecule has 1 fully saturated rings. The molecule has 140 valence electrons. The predicted octanol–water partition coefficient (Wildman–Crippen LogP) is 1.48. The van der Waals surface area contributed by atoms with Crippen molar-refractivity contribution in [3.63, 3.8) is 0 Å². The summed E-state index contributed by atoms with van der Waals surface area (Å²) >= 11 is 0. The molecule has 0 bridgehead atoms. The Morgan fingerprint density at radius 2 is 1.35 bits per heavy atom. The lowest BCUT2D eigenvalue weighted by molar-refractivity contribution is 0.188. The molecule has 1 aliphatic rings. The summed E-state index contributed by atoms with van der Waals surface area (Å²) in [6.07, 6.45) is 1.99. The maximum absolute atomic E-state index is 9.75. The van der Waals surface area contributed by atoms with E-state index >= 15 is 0 Å². The Morgan fingerprint density at radius 3 is 1.85 bits per heavy atom. The molecule has 8 nitrogen and oxygen atoms in total. The van der Waals surface area contributed by atoms with Gasteiger partial charge in [-0.2, -0.15) is 0 Å². The Labute approximate surface area is 153 Å². The number of rotatable bonds is 4. The van der Waals surface area contributed by atoms with Gasteiger partial charge in [-0.15, -0.1) is 0 Å². The molecule has 1 saturated heterocycles. The van der Waals surface area contributed by atoms with Gasteiger partial charge in [-0.05, 0) is 39.8 Å². The molecular weight excluding hydrogens is 332 g/mol. The normalized spacial score (nSPS) is 23.0. The van der Waals surface area contributed by atoms with Crippen molar-refractivity contribution in [2.75, 3.05) is 22.9 Å². The fraction of sp³-hybridized carbons (Fsp3) is 0.556. The molecule has 8 heteroatoms. The van der Waals surface area contributed by atoms with E-state index in [1.54, 1.807) is 26.2 Å². The highest BCUT2D eigenvalue weighted by atomic mass is 16.3. The van der Waals surface area contributed by atoms with Crippen LogP contribution in [-0.4, -0.2) is 55.3 Å². The van der Waals surface area contributed by atoms with Gasteiger partial charge >= 0.3 is 0 Å². The maximum Gasteiger partial charge on any atom is 0.158 e. The average molecular weight is 358 g/mol. The van der Waals surface area contributed by atoms with Gasteiger partial charge < -0.3 is 20.0 Å². The van der Waals surface area contributed by atoms with Crippen LogP contribution in [0.4, 0.5) is 11.6 Å². The number of aromatic nitrogens is 4. The highest BCUT2D eigenvalue weighted by molar-refractivity contribution is 5.47. The number of piperazine rings is 1. The van der Waals surface area contributed by atoms with Crippen LogP contribution in [0.2, 0.25) is 0 Å². The topological polar surface area (TPSA) is 98.5 Å². The van der Waals surface area contributed by atoms with E-state index in [0.29, 0.717) is 11.6 Å². The van der Waals surface area contributed by atoms with Crippen molar-refractivity contribution in [2.45, 2.75) is 52.0 Å². The van der Waals surface area contributed by atoms with E-state index in [4.69, 9.17) is 0 Å². The molecule has 3 heterocycles. The zero-order chi connectivity index (χ0) is 18.8. The quantitative estimate of drug-likeness (QED) is 0.848. The first-order valence-electron chi connectivity index (χ1n) is 8.92. The zero-order valence-electron chi connectivity index (χ0n) is 15.6. The van der Waals surface area contributed by atoms with Crippen molar-refractivity contribution in [1.82, 2.24) is 19.9 Å². The molecule has 26 heavy (non-hydrogen) atoms. The zero-order valence-corrected chi connectivity index (χ0v) is 15.6. The number of anilines is 2. The summed E-state index contributed by atoms with van der Waals surface area (Å²) in [5, 5.41) is 19.5. The van der Waals surface area contributed by atoms with Crippen molar-refractivity contribution >= 4 is 11.6 Å². The van der Waals surface area contributed by atoms with Crippen molar-refractivity contribution in [2.24, 2.45) is 0 Å². The SMILES string of the molecule is CC(O)c1nccc(N2CC(C)N(c3ccnc(C(C)O)n3)C(C)C2)n1. The van der Waals surface area contributed by atoms with Crippen LogP contribution in [0.3, 0.4) is 0 Å². The fourth-order valence-electron chi connectivity index (χ4n) is 3.41. The minimum atomic E-state index is -0.693. The number of hydrogen-bond acceptors (Lipinski definition) is 8. The van der Waals surface area contributed by atoms with E-state index in [2.05, 4.69) is 43.6 Å². The van der Waals surface area contributed by atoms with Gasteiger partial charge in [0.2, 0.25) is 0 Å². The third-order valence-electron chi connectivity index (χ3n) is 4.57. The van der Waals surface area contributed by atoms with E-state index in [1.807, 2.05) is 12.1 Å². The number of aliphatic hydroxyl groups is 2. The Bertz CT molecular complexity index is 742. The van der Waals surface area contributed by atoms with Gasteiger partial charge in [-0.1, -0.05) is 0 Å². The molecule has 2 aromatic rings. The maximum atomic E-state index is 9.75. The van der Waals surface area contributed by atoms with Crippen molar-refractivity contribution < 1.29 is 10.2 Å². The molecule has 0 saturated carbocycles. The Kier molecular flexibility index (Phi) is 5.33. The minimum Gasteiger partial charge on any atom is -0.385 e. The van der Waals surface area contributed by atoms with Crippen LogP contribution in [0.25, 0.3) is 0 Å². The molecule has 4 atom stereocenters. The molecule has 0 spiro atoms. The predicted molar refractivity (Wildman–Crippen MR) is 98.9 cm³/mol. The van der Waals surface area contributed by atoms with Gasteiger partial charge in [0.1, 0.15) is 23.8 Å². The average Bonchev–Trinajstić information content (AvgIpc) is 2.61. The van der Waals surface area contributed by atoms with Gasteiger partial charge in [0.05, 0.1) is 0 Å². The number of nitrogens with zero attached hydrogens (tertiary/aromatic N) is 6. The number of aliphatic hydroxyl groups excluding tert-OH is 2. The van der Waals surface area contributed by atoms with Gasteiger partial charge in [0, 0.05) is 37.6 Å². The van der Waals surface area contributed by atoms with E-state index < -0.39 is 12.2 Å². The molecule has 0 amide bonds. The lowest BCUT2D eigenvalue weighted by Gasteiger charge is -2.45. The van der Waals surface area contributed by atoms with Crippen molar-refractivity contribution in [3.8, 4) is 0 Å². The standard InChI is InChI=1S/C18H26N6O2/c1-11-9-23(15-5-7-19-17(21-15)13(3)25)10-12(2)24(11)16-6-8-20-18(22-16)14(4)26/h5-8,11-14,25-26H,9-10H2,1-4H3. The summed E-state index contributed by atoms with van der Waals surface area (Å²) in [6, 6.07) is 4.14. The molecule has 0 aromatic carbocycles. The van der Waals surface area contributed by atoms with E-state index in [1.165, 1.54) is 0 Å². The summed E-state index contributed by atoms with van der Waals surface area (Å²) in [5.41, 5.74) is 0. The number of hydrogen-bond donors (Lipinski definition) is 2. The van der Waals surface area contributed by atoms with Crippen molar-refractivity contribution in [3.05, 3.63) is 36.2 Å². The smallest absolute Gasteiger partial charge is 0.158 e. The molecule has 0 radical (unpaired) electrons. The molecule has 4 unspecified atom stereocenters. The lowest BCUT2D eigenvalue weighted by Crippen LogP contribution is -2.57. The minimum absolute atomic E-state index is 0.195. The van der Waals surface area contributed by atoms with Crippen LogP contribution in [0.15, 0.2) is 24.5 Å². The summed E-state index contributed by atoms with van der Waals surface area (Å²) in [7, 11) is 0. The Balaban J connectivity index is 1.81. The van der Waals surface area contributed by atoms with Crippen molar-refractivity contribution in [1.29, 1.82) is 0 Å². The van der Waals surface area contributed by atoms with Crippen LogP contribution in [0.1, 0.15) is 51.6 Å². The lowest BCUT2D eigenvalue weighted by atomic mass is 10.1. The largest absolute Gasteiger partial charge is 0.385 e. The second kappa shape index (κ2) is 7.51. The van der Waals surface area contributed by atoms with E-state index in [-0.39, 0.29) is 12.1 Å². The van der Waals surface area contributed by atoms with Crippen LogP contribution in [0, 0.1) is 0 Å². The van der Waals surface area contributed by atoms with E-state index in [0.717, 1.165) is 24.7 Å². The van der Waals surface area contributed by atoms with Gasteiger partial charge in [0.25, 0.3) is 0 Å². The molecular formula is C18H26N6O2. The fourth-order valence-corrected chi connectivity index (χ4v) is 3.41. The molecule has 0 aliphatic carbocycles. The van der Waals surface area contributed by atoms with Crippen LogP contribution in [0.5, 0.6) is 0 Å². The highest BCUT2D eigenvalue weighted by Crippen LogP contribution is 2.26. The van der Waals surface area contributed by atoms with Gasteiger partial charge in [0.15, 0.2) is 11.6 Å². The van der Waals surface area contributed by atoms with Gasteiger partial charge in [-0.25, -0.2) is 19.9 Å². The third kappa shape index (κ3) is 3.76. The van der Waals surface area contributed by atoms with E-state index in [9.17, 15) is 10.2 Å². The van der Waals surface area contributed by atoms with Crippen LogP contribution < -0.4 is 9.80 Å². The molecule has 3 rings (SSSR count). The monoisotopic (exact) mass is 358 g/mol. The summed E-state index contributed by atoms with van der Waals surface area (Å²) in [5.74, 6) is 2.51. The summed E-state index contributed by atoms with van der Waals surface area (Å²) < 4.78 is 0. The first-order chi connectivity index (χ1) is 12.4. The van der Waals surface area contributed by atoms with Crippen LogP contribution in [-0.2, 0) is 0 Å².